The van der Waals surface area contributed by atoms with Crippen molar-refractivity contribution in [1.82, 2.24) is 4.98 Å². The van der Waals surface area contributed by atoms with Gasteiger partial charge in [0.25, 0.3) is 0 Å². The highest BCUT2D eigenvalue weighted by Crippen LogP contribution is 2.26. The van der Waals surface area contributed by atoms with Gasteiger partial charge in [-0.15, -0.1) is 0 Å². The van der Waals surface area contributed by atoms with Crippen LogP contribution in [0.3, 0.4) is 0 Å². The molecule has 2 nitrogen and oxygen atoms in total. The predicted octanol–water partition coefficient (Wildman–Crippen LogP) is 4.46. The van der Waals surface area contributed by atoms with Crippen LogP contribution in [0, 0.1) is 6.92 Å². The largest absolute Gasteiger partial charge is 0.464 e. The van der Waals surface area contributed by atoms with Gasteiger partial charge in [0, 0.05) is 10.9 Å². The second kappa shape index (κ2) is 3.90. The average molecular weight is 244 g/mol. The van der Waals surface area contributed by atoms with Gasteiger partial charge < -0.3 is 4.42 Å². The summed E-state index contributed by atoms with van der Waals surface area (Å²) in [5, 5.41) is 1.64. The molecule has 0 fully saturated rings. The number of benzene rings is 1. The first-order valence-electron chi connectivity index (χ1n) is 5.35. The fraction of sp³-hybridized carbons (Fsp3) is 0.0714. The van der Waals surface area contributed by atoms with E-state index in [0.717, 1.165) is 27.8 Å². The van der Waals surface area contributed by atoms with E-state index in [2.05, 4.69) is 4.98 Å². The zero-order valence-corrected chi connectivity index (χ0v) is 10.0. The highest BCUT2D eigenvalue weighted by Gasteiger charge is 2.05. The first-order chi connectivity index (χ1) is 8.24. The number of hydrogen-bond donors (Lipinski definition) is 0. The fourth-order valence-corrected chi connectivity index (χ4v) is 2.21. The van der Waals surface area contributed by atoms with Gasteiger partial charge >= 0.3 is 0 Å². The molecule has 0 saturated carbocycles. The monoisotopic (exact) mass is 243 g/mol. The zero-order valence-electron chi connectivity index (χ0n) is 9.27. The lowest BCUT2D eigenvalue weighted by molar-refractivity contribution is 0.582. The maximum absolute atomic E-state index is 5.97. The number of aryl methyl sites for hydroxylation is 1. The number of rotatable bonds is 1. The van der Waals surface area contributed by atoms with Crippen LogP contribution in [0.5, 0.6) is 0 Å². The first-order valence-corrected chi connectivity index (χ1v) is 5.72. The molecule has 0 N–H and O–H groups in total. The molecule has 0 spiro atoms. The average Bonchev–Trinajstić information content (AvgIpc) is 2.81. The molecule has 3 rings (SSSR count). The molecule has 0 aliphatic heterocycles. The van der Waals surface area contributed by atoms with Crippen LogP contribution in [-0.4, -0.2) is 4.98 Å². The highest BCUT2D eigenvalue weighted by molar-refractivity contribution is 6.29. The first kappa shape index (κ1) is 10.4. The molecule has 2 aromatic heterocycles. The van der Waals surface area contributed by atoms with E-state index in [1.165, 1.54) is 0 Å². The second-order valence-corrected chi connectivity index (χ2v) is 4.36. The van der Waals surface area contributed by atoms with Gasteiger partial charge in [0.1, 0.15) is 10.9 Å². The van der Waals surface area contributed by atoms with E-state index in [-0.39, 0.29) is 0 Å². The van der Waals surface area contributed by atoms with Gasteiger partial charge in [0.15, 0.2) is 0 Å². The van der Waals surface area contributed by atoms with Gasteiger partial charge in [0.2, 0.25) is 0 Å². The molecule has 0 bridgehead atoms. The number of fused-ring (bicyclic) bond motifs is 1. The molecular formula is C14H10ClNO. The van der Waals surface area contributed by atoms with Crippen LogP contribution in [0.2, 0.25) is 5.15 Å². The van der Waals surface area contributed by atoms with Gasteiger partial charge in [-0.1, -0.05) is 23.7 Å². The zero-order chi connectivity index (χ0) is 11.8. The maximum Gasteiger partial charge on any atom is 0.133 e. The molecule has 0 unspecified atom stereocenters. The molecule has 0 saturated heterocycles. The van der Waals surface area contributed by atoms with Crippen LogP contribution < -0.4 is 0 Å². The molecule has 0 aliphatic rings. The minimum absolute atomic E-state index is 0.520. The van der Waals surface area contributed by atoms with Crippen LogP contribution in [-0.2, 0) is 0 Å². The third-order valence-electron chi connectivity index (χ3n) is 2.79. The Morgan fingerprint density at radius 3 is 2.82 bits per heavy atom. The Bertz CT molecular complexity index is 674. The smallest absolute Gasteiger partial charge is 0.133 e. The topological polar surface area (TPSA) is 26.0 Å². The number of aromatic nitrogens is 1. The van der Waals surface area contributed by atoms with E-state index >= 15 is 0 Å². The Morgan fingerprint density at radius 2 is 2.06 bits per heavy atom. The molecule has 0 aliphatic carbocycles. The van der Waals surface area contributed by atoms with E-state index in [9.17, 15) is 0 Å². The summed E-state index contributed by atoms with van der Waals surface area (Å²) in [5.41, 5.74) is 3.03. The van der Waals surface area contributed by atoms with Gasteiger partial charge in [-0.2, -0.15) is 0 Å². The van der Waals surface area contributed by atoms with Crippen LogP contribution >= 0.6 is 11.6 Å². The summed E-state index contributed by atoms with van der Waals surface area (Å²) in [6, 6.07) is 11.7. The number of furan rings is 1. The van der Waals surface area contributed by atoms with E-state index < -0.39 is 0 Å². The van der Waals surface area contributed by atoms with E-state index in [4.69, 9.17) is 16.0 Å². The highest BCUT2D eigenvalue weighted by atomic mass is 35.5. The summed E-state index contributed by atoms with van der Waals surface area (Å²) in [6.45, 7) is 2.03. The SMILES string of the molecule is Cc1cc(Cl)nc2cc(-c3ccco3)ccc12. The number of halogens is 1. The Morgan fingerprint density at radius 1 is 1.18 bits per heavy atom. The van der Waals surface area contributed by atoms with Crippen molar-refractivity contribution in [2.45, 2.75) is 6.92 Å². The van der Waals surface area contributed by atoms with Crippen LogP contribution in [0.25, 0.3) is 22.2 Å². The Labute approximate surface area is 104 Å². The quantitative estimate of drug-likeness (QED) is 0.590. The standard InChI is InChI=1S/C14H10ClNO/c1-9-7-14(15)16-12-8-10(4-5-11(9)12)13-3-2-6-17-13/h2-8H,1H3. The predicted molar refractivity (Wildman–Crippen MR) is 69.2 cm³/mol. The molecular weight excluding hydrogens is 234 g/mol. The van der Waals surface area contributed by atoms with E-state index in [0.29, 0.717) is 5.15 Å². The van der Waals surface area contributed by atoms with Crippen molar-refractivity contribution >= 4 is 22.5 Å². The van der Waals surface area contributed by atoms with Crippen LogP contribution in [0.4, 0.5) is 0 Å². The van der Waals surface area contributed by atoms with Crippen LogP contribution in [0.15, 0.2) is 47.1 Å². The lowest BCUT2D eigenvalue weighted by Gasteiger charge is -2.04. The van der Waals surface area contributed by atoms with Gasteiger partial charge in [-0.05, 0) is 36.8 Å². The minimum Gasteiger partial charge on any atom is -0.464 e. The van der Waals surface area contributed by atoms with Gasteiger partial charge in [-0.25, -0.2) is 4.98 Å². The van der Waals surface area contributed by atoms with Gasteiger partial charge in [0.05, 0.1) is 11.8 Å². The summed E-state index contributed by atoms with van der Waals surface area (Å²) in [7, 11) is 0. The number of hydrogen-bond acceptors (Lipinski definition) is 2. The van der Waals surface area contributed by atoms with Crippen molar-refractivity contribution in [3.63, 3.8) is 0 Å². The third-order valence-corrected chi connectivity index (χ3v) is 2.98. The minimum atomic E-state index is 0.520. The molecule has 17 heavy (non-hydrogen) atoms. The Hall–Kier alpha value is -1.80. The summed E-state index contributed by atoms with van der Waals surface area (Å²) < 4.78 is 5.37. The summed E-state index contributed by atoms with van der Waals surface area (Å²) in [6.07, 6.45) is 1.66. The molecule has 1 aromatic carbocycles. The Balaban J connectivity index is 2.26. The van der Waals surface area contributed by atoms with Crippen molar-refractivity contribution in [1.29, 1.82) is 0 Å². The molecule has 84 valence electrons. The Kier molecular flexibility index (Phi) is 2.37. The normalized spacial score (nSPS) is 10.9. The van der Waals surface area contributed by atoms with E-state index in [1.54, 1.807) is 6.26 Å². The van der Waals surface area contributed by atoms with Crippen molar-refractivity contribution in [2.24, 2.45) is 0 Å². The molecule has 0 radical (unpaired) electrons. The van der Waals surface area contributed by atoms with Crippen LogP contribution in [0.1, 0.15) is 5.56 Å². The lowest BCUT2D eigenvalue weighted by Crippen LogP contribution is -1.85. The van der Waals surface area contributed by atoms with Crippen molar-refractivity contribution in [2.75, 3.05) is 0 Å². The fourth-order valence-electron chi connectivity index (χ4n) is 1.96. The third kappa shape index (κ3) is 1.81. The van der Waals surface area contributed by atoms with Crippen molar-refractivity contribution in [3.05, 3.63) is 53.4 Å². The summed E-state index contributed by atoms with van der Waals surface area (Å²) in [5.74, 6) is 0.839. The number of pyridine rings is 1. The molecule has 0 amide bonds. The summed E-state index contributed by atoms with van der Waals surface area (Å²) in [4.78, 5) is 4.33. The summed E-state index contributed by atoms with van der Waals surface area (Å²) >= 11 is 5.97. The lowest BCUT2D eigenvalue weighted by atomic mass is 10.1. The molecule has 3 aromatic rings. The second-order valence-electron chi connectivity index (χ2n) is 3.97. The molecule has 0 atom stereocenters. The van der Waals surface area contributed by atoms with E-state index in [1.807, 2.05) is 43.3 Å². The molecule has 3 heteroatoms. The molecule has 2 heterocycles. The maximum atomic E-state index is 5.97. The number of nitrogens with zero attached hydrogens (tertiary/aromatic N) is 1. The van der Waals surface area contributed by atoms with Crippen molar-refractivity contribution < 1.29 is 4.42 Å². The van der Waals surface area contributed by atoms with Crippen molar-refractivity contribution in [3.8, 4) is 11.3 Å². The van der Waals surface area contributed by atoms with Gasteiger partial charge in [-0.3, -0.25) is 0 Å².